The summed E-state index contributed by atoms with van der Waals surface area (Å²) in [7, 11) is 0. The number of nitrogens with one attached hydrogen (secondary N) is 1. The highest BCUT2D eigenvalue weighted by atomic mass is 15.1. The lowest BCUT2D eigenvalue weighted by atomic mass is 10.3. The van der Waals surface area contributed by atoms with Gasteiger partial charge in [0.05, 0.1) is 6.33 Å². The summed E-state index contributed by atoms with van der Waals surface area (Å²) in [6.45, 7) is 0. The predicted molar refractivity (Wildman–Crippen MR) is 97.2 cm³/mol. The first-order valence-electron chi connectivity index (χ1n) is 7.62. The fourth-order valence-corrected chi connectivity index (χ4v) is 2.41. The van der Waals surface area contributed by atoms with Crippen LogP contribution in [0.1, 0.15) is 0 Å². The third kappa shape index (κ3) is 2.75. The highest BCUT2D eigenvalue weighted by molar-refractivity contribution is 5.82. The van der Waals surface area contributed by atoms with E-state index >= 15 is 0 Å². The number of nitrogens with zero attached hydrogens (tertiary/aromatic N) is 7. The quantitative estimate of drug-likeness (QED) is 0.411. The van der Waals surface area contributed by atoms with Crippen molar-refractivity contribution in [1.82, 2.24) is 39.5 Å². The molecular formula is C16H14N10. The van der Waals surface area contributed by atoms with Gasteiger partial charge in [0, 0.05) is 5.69 Å². The summed E-state index contributed by atoms with van der Waals surface area (Å²) >= 11 is 0. The van der Waals surface area contributed by atoms with Crippen LogP contribution in [0.15, 0.2) is 55.6 Å². The van der Waals surface area contributed by atoms with E-state index in [1.807, 2.05) is 34.9 Å². The maximum Gasteiger partial charge on any atom is 0.182 e. The predicted octanol–water partition coefficient (Wildman–Crippen LogP) is 1.33. The van der Waals surface area contributed by atoms with Crippen molar-refractivity contribution in [2.45, 2.75) is 0 Å². The molecule has 5 rings (SSSR count). The van der Waals surface area contributed by atoms with Crippen LogP contribution in [0, 0.1) is 0 Å². The lowest BCUT2D eigenvalue weighted by Crippen LogP contribution is -1.96. The van der Waals surface area contributed by atoms with Crippen molar-refractivity contribution in [3.63, 3.8) is 0 Å². The molecule has 0 saturated carbocycles. The molecule has 26 heavy (non-hydrogen) atoms. The monoisotopic (exact) mass is 346 g/mol. The molecule has 0 atom stereocenters. The van der Waals surface area contributed by atoms with Gasteiger partial charge in [-0.25, -0.2) is 29.9 Å². The highest BCUT2D eigenvalue weighted by Gasteiger charge is 2.08. The maximum atomic E-state index is 5.72. The number of rotatable bonds is 1. The number of anilines is 2. The van der Waals surface area contributed by atoms with Gasteiger partial charge in [0.15, 0.2) is 28.4 Å². The smallest absolute Gasteiger partial charge is 0.182 e. The number of nitrogen functional groups attached to an aromatic ring is 2. The van der Waals surface area contributed by atoms with E-state index in [-0.39, 0.29) is 0 Å². The molecule has 1 aromatic carbocycles. The lowest BCUT2D eigenvalue weighted by molar-refractivity contribution is 1.06. The number of hydrogen-bond acceptors (Lipinski definition) is 8. The van der Waals surface area contributed by atoms with E-state index in [4.69, 9.17) is 11.5 Å². The molecule has 0 aliphatic carbocycles. The molecule has 0 fully saturated rings. The summed E-state index contributed by atoms with van der Waals surface area (Å²) in [6, 6.07) is 9.86. The fourth-order valence-electron chi connectivity index (χ4n) is 2.41. The van der Waals surface area contributed by atoms with Gasteiger partial charge in [0.2, 0.25) is 0 Å². The second-order valence-corrected chi connectivity index (χ2v) is 5.24. The number of nitrogens with two attached hydrogens (primary N) is 2. The van der Waals surface area contributed by atoms with E-state index in [9.17, 15) is 0 Å². The summed E-state index contributed by atoms with van der Waals surface area (Å²) in [4.78, 5) is 26.7. The molecule has 0 radical (unpaired) electrons. The Labute approximate surface area is 147 Å². The van der Waals surface area contributed by atoms with Crippen molar-refractivity contribution < 1.29 is 0 Å². The van der Waals surface area contributed by atoms with Crippen molar-refractivity contribution in [3.8, 4) is 5.69 Å². The van der Waals surface area contributed by atoms with E-state index in [0.29, 0.717) is 28.3 Å². The number of benzene rings is 1. The van der Waals surface area contributed by atoms with Crippen molar-refractivity contribution in [3.05, 3.63) is 55.6 Å². The number of aromatic amines is 1. The van der Waals surface area contributed by atoms with Crippen LogP contribution in [0.4, 0.5) is 11.6 Å². The van der Waals surface area contributed by atoms with Crippen molar-refractivity contribution in [1.29, 1.82) is 0 Å². The molecule has 5 aromatic rings. The Morgan fingerprint density at radius 3 is 2.38 bits per heavy atom. The minimum absolute atomic E-state index is 0.402. The summed E-state index contributed by atoms with van der Waals surface area (Å²) in [5, 5.41) is 0. The molecule has 10 heteroatoms. The van der Waals surface area contributed by atoms with Gasteiger partial charge in [-0.3, -0.25) is 4.57 Å². The number of imidazole rings is 2. The van der Waals surface area contributed by atoms with Crippen LogP contribution in [0.5, 0.6) is 0 Å². The zero-order valence-corrected chi connectivity index (χ0v) is 13.5. The molecule has 0 aliphatic heterocycles. The second kappa shape index (κ2) is 6.43. The number of hydrogen-bond donors (Lipinski definition) is 3. The van der Waals surface area contributed by atoms with Gasteiger partial charge in [-0.2, -0.15) is 0 Å². The third-order valence-corrected chi connectivity index (χ3v) is 3.65. The van der Waals surface area contributed by atoms with E-state index < -0.39 is 0 Å². The van der Waals surface area contributed by atoms with Gasteiger partial charge in [0.1, 0.15) is 24.5 Å². The van der Waals surface area contributed by atoms with Gasteiger partial charge in [0.25, 0.3) is 0 Å². The first-order chi connectivity index (χ1) is 12.7. The Morgan fingerprint density at radius 1 is 0.808 bits per heavy atom. The Balaban J connectivity index is 0.000000144. The van der Waals surface area contributed by atoms with Crippen LogP contribution < -0.4 is 11.5 Å². The minimum Gasteiger partial charge on any atom is -0.382 e. The molecule has 5 N–H and O–H groups in total. The van der Waals surface area contributed by atoms with Crippen LogP contribution in [-0.4, -0.2) is 39.5 Å². The van der Waals surface area contributed by atoms with Crippen LogP contribution in [-0.2, 0) is 0 Å². The third-order valence-electron chi connectivity index (χ3n) is 3.65. The SMILES string of the molecule is Nc1ncnc2c1ncn2-c1ccccc1.Nc1ncnc2nc[nH]c12. The van der Waals surface area contributed by atoms with E-state index in [0.717, 1.165) is 11.3 Å². The Kier molecular flexibility index (Phi) is 3.82. The molecule has 4 aromatic heterocycles. The second-order valence-electron chi connectivity index (χ2n) is 5.24. The zero-order valence-electron chi connectivity index (χ0n) is 13.5. The Bertz CT molecular complexity index is 1160. The summed E-state index contributed by atoms with van der Waals surface area (Å²) < 4.78 is 1.88. The van der Waals surface area contributed by atoms with E-state index in [1.165, 1.54) is 19.0 Å². The first kappa shape index (κ1) is 15.4. The van der Waals surface area contributed by atoms with Gasteiger partial charge in [-0.1, -0.05) is 18.2 Å². The first-order valence-corrected chi connectivity index (χ1v) is 7.62. The van der Waals surface area contributed by atoms with Gasteiger partial charge >= 0.3 is 0 Å². The van der Waals surface area contributed by atoms with Crippen molar-refractivity contribution >= 4 is 34.0 Å². The molecule has 4 heterocycles. The van der Waals surface area contributed by atoms with Gasteiger partial charge in [-0.15, -0.1) is 0 Å². The molecule has 10 nitrogen and oxygen atoms in total. The molecule has 0 unspecified atom stereocenters. The topological polar surface area (TPSA) is 150 Å². The molecular weight excluding hydrogens is 332 g/mol. The number of H-pyrrole nitrogens is 1. The van der Waals surface area contributed by atoms with Crippen molar-refractivity contribution in [2.75, 3.05) is 11.5 Å². The molecule has 0 amide bonds. The van der Waals surface area contributed by atoms with E-state index in [2.05, 4.69) is 34.9 Å². The summed E-state index contributed by atoms with van der Waals surface area (Å²) in [5.74, 6) is 0.835. The molecule has 0 aliphatic rings. The summed E-state index contributed by atoms with van der Waals surface area (Å²) in [6.07, 6.45) is 6.07. The van der Waals surface area contributed by atoms with Crippen LogP contribution in [0.3, 0.4) is 0 Å². The number of fused-ring (bicyclic) bond motifs is 2. The number of para-hydroxylation sites is 1. The Morgan fingerprint density at radius 2 is 1.58 bits per heavy atom. The van der Waals surface area contributed by atoms with Crippen LogP contribution in [0.2, 0.25) is 0 Å². The standard InChI is InChI=1S/C11H9N5.C5H5N5/c12-10-9-11(14-6-13-10)16(7-15-9)8-4-2-1-3-5-8;6-4-3-5(9-1-7-3)10-2-8-4/h1-7H,(H2,12,13,14);1-2H,(H3,6,7,8,9,10). The van der Waals surface area contributed by atoms with E-state index in [1.54, 1.807) is 6.33 Å². The van der Waals surface area contributed by atoms with Gasteiger partial charge < -0.3 is 16.5 Å². The zero-order chi connectivity index (χ0) is 17.9. The number of aromatic nitrogens is 8. The minimum atomic E-state index is 0.402. The van der Waals surface area contributed by atoms with Gasteiger partial charge in [-0.05, 0) is 12.1 Å². The average Bonchev–Trinajstić information content (AvgIpc) is 3.31. The van der Waals surface area contributed by atoms with Crippen molar-refractivity contribution in [2.24, 2.45) is 0 Å². The normalized spacial score (nSPS) is 10.6. The largest absolute Gasteiger partial charge is 0.382 e. The molecule has 128 valence electrons. The summed E-state index contributed by atoms with van der Waals surface area (Å²) in [5.41, 5.74) is 14.9. The molecule has 0 spiro atoms. The fraction of sp³-hybridized carbons (Fsp3) is 0. The average molecular weight is 346 g/mol. The van der Waals surface area contributed by atoms with Crippen LogP contribution >= 0.6 is 0 Å². The highest BCUT2D eigenvalue weighted by Crippen LogP contribution is 2.18. The lowest BCUT2D eigenvalue weighted by Gasteiger charge is -2.02. The molecule has 0 saturated heterocycles. The molecule has 0 bridgehead atoms. The Hall–Kier alpha value is -4.08. The maximum absolute atomic E-state index is 5.72. The van der Waals surface area contributed by atoms with Crippen LogP contribution in [0.25, 0.3) is 28.0 Å².